The number of benzene rings is 2. The summed E-state index contributed by atoms with van der Waals surface area (Å²) < 4.78 is 0. The number of unbranched alkanes of at least 4 members (excludes halogenated alkanes) is 3. The molecule has 1 aliphatic heterocycles. The van der Waals surface area contributed by atoms with Crippen LogP contribution in [0.25, 0.3) is 5.57 Å². The summed E-state index contributed by atoms with van der Waals surface area (Å²) in [6.45, 7) is 6.71. The van der Waals surface area contributed by atoms with E-state index < -0.39 is 0 Å². The van der Waals surface area contributed by atoms with Crippen LogP contribution in [0.3, 0.4) is 0 Å². The molecule has 0 saturated heterocycles. The van der Waals surface area contributed by atoms with Gasteiger partial charge >= 0.3 is 0 Å². The third-order valence-corrected chi connectivity index (χ3v) is 6.38. The van der Waals surface area contributed by atoms with Crippen LogP contribution < -0.4 is 0 Å². The van der Waals surface area contributed by atoms with E-state index in [2.05, 4.69) is 13.0 Å². The van der Waals surface area contributed by atoms with Crippen molar-refractivity contribution in [1.82, 2.24) is 4.90 Å². The Morgan fingerprint density at radius 2 is 1.66 bits per heavy atom. The first kappa shape index (κ1) is 21.4. The van der Waals surface area contributed by atoms with E-state index >= 15 is 0 Å². The predicted octanol–water partition coefficient (Wildman–Crippen LogP) is 5.90. The summed E-state index contributed by atoms with van der Waals surface area (Å²) in [5.41, 5.74) is 4.78. The highest BCUT2D eigenvalue weighted by molar-refractivity contribution is 8.03. The number of carbonyl (C=O) groups is 2. The smallest absolute Gasteiger partial charge is 0.267 e. The van der Waals surface area contributed by atoms with Gasteiger partial charge in [0.2, 0.25) is 0 Å². The minimum absolute atomic E-state index is 0.137. The van der Waals surface area contributed by atoms with Crippen LogP contribution in [0.1, 0.15) is 54.9 Å². The van der Waals surface area contributed by atoms with Gasteiger partial charge in [0.15, 0.2) is 0 Å². The first-order chi connectivity index (χ1) is 14.0. The predicted molar refractivity (Wildman–Crippen MR) is 121 cm³/mol. The van der Waals surface area contributed by atoms with Crippen molar-refractivity contribution < 1.29 is 9.59 Å². The van der Waals surface area contributed by atoms with Crippen LogP contribution in [-0.2, 0) is 15.3 Å². The zero-order valence-electron chi connectivity index (χ0n) is 17.5. The number of nitrogens with zero attached hydrogens (tertiary/aromatic N) is 1. The third kappa shape index (κ3) is 4.99. The van der Waals surface area contributed by atoms with Crippen molar-refractivity contribution in [2.45, 2.75) is 52.2 Å². The molecule has 2 aromatic rings. The molecule has 0 aromatic heterocycles. The van der Waals surface area contributed by atoms with Gasteiger partial charge in [-0.15, -0.1) is 11.8 Å². The van der Waals surface area contributed by atoms with Gasteiger partial charge in [0.05, 0.1) is 10.5 Å². The van der Waals surface area contributed by atoms with Gasteiger partial charge in [-0.25, -0.2) is 0 Å². The highest BCUT2D eigenvalue weighted by Crippen LogP contribution is 2.38. The molecule has 0 spiro atoms. The molecular weight excluding hydrogens is 378 g/mol. The fourth-order valence-corrected chi connectivity index (χ4v) is 4.73. The second-order valence-corrected chi connectivity index (χ2v) is 8.60. The minimum atomic E-state index is -0.144. The maximum absolute atomic E-state index is 13.3. The second-order valence-electron chi connectivity index (χ2n) is 7.62. The van der Waals surface area contributed by atoms with Gasteiger partial charge in [-0.05, 0) is 37.0 Å². The Labute approximate surface area is 178 Å². The molecule has 0 N–H and O–H groups in total. The number of imide groups is 1. The lowest BCUT2D eigenvalue weighted by molar-refractivity contribution is -0.136. The fourth-order valence-electron chi connectivity index (χ4n) is 3.65. The van der Waals surface area contributed by atoms with E-state index in [-0.39, 0.29) is 11.8 Å². The van der Waals surface area contributed by atoms with Crippen LogP contribution in [0.5, 0.6) is 0 Å². The number of carbonyl (C=O) groups excluding carboxylic acids is 2. The van der Waals surface area contributed by atoms with Gasteiger partial charge in [-0.2, -0.15) is 0 Å². The molecular formula is C25H29NO2S. The van der Waals surface area contributed by atoms with Gasteiger partial charge in [0.25, 0.3) is 11.8 Å². The minimum Gasteiger partial charge on any atom is -0.274 e. The van der Waals surface area contributed by atoms with Crippen LogP contribution >= 0.6 is 11.8 Å². The average Bonchev–Trinajstić information content (AvgIpc) is 2.94. The van der Waals surface area contributed by atoms with Crippen molar-refractivity contribution in [3.05, 3.63) is 75.7 Å². The monoisotopic (exact) mass is 407 g/mol. The van der Waals surface area contributed by atoms with E-state index in [1.807, 2.05) is 56.3 Å². The Kier molecular flexibility index (Phi) is 7.32. The highest BCUT2D eigenvalue weighted by atomic mass is 32.2. The fraction of sp³-hybridized carbons (Fsp3) is 0.360. The van der Waals surface area contributed by atoms with E-state index in [4.69, 9.17) is 0 Å². The lowest BCUT2D eigenvalue weighted by Gasteiger charge is -2.15. The molecule has 0 saturated carbocycles. The Morgan fingerprint density at radius 3 is 2.34 bits per heavy atom. The van der Waals surface area contributed by atoms with E-state index in [1.54, 1.807) is 0 Å². The summed E-state index contributed by atoms with van der Waals surface area (Å²) in [6, 6.07) is 16.1. The number of hydrogen-bond acceptors (Lipinski definition) is 3. The van der Waals surface area contributed by atoms with Crippen LogP contribution in [0.2, 0.25) is 0 Å². The van der Waals surface area contributed by atoms with Gasteiger partial charge in [-0.3, -0.25) is 14.5 Å². The quantitative estimate of drug-likeness (QED) is 0.384. The zero-order chi connectivity index (χ0) is 20.8. The molecule has 0 unspecified atom stereocenters. The number of aryl methyl sites for hydroxylation is 2. The molecule has 3 rings (SSSR count). The van der Waals surface area contributed by atoms with Crippen LogP contribution in [0.4, 0.5) is 0 Å². The van der Waals surface area contributed by atoms with E-state index in [1.165, 1.54) is 16.7 Å². The topological polar surface area (TPSA) is 37.4 Å². The number of thioether (sulfide) groups is 1. The highest BCUT2D eigenvalue weighted by Gasteiger charge is 2.39. The molecule has 1 aliphatic rings. The molecule has 0 radical (unpaired) electrons. The van der Waals surface area contributed by atoms with Crippen molar-refractivity contribution in [2.75, 3.05) is 6.54 Å². The third-order valence-electron chi connectivity index (χ3n) is 5.24. The van der Waals surface area contributed by atoms with Gasteiger partial charge in [-0.1, -0.05) is 80.3 Å². The van der Waals surface area contributed by atoms with E-state index in [0.717, 1.165) is 47.9 Å². The van der Waals surface area contributed by atoms with E-state index in [0.29, 0.717) is 22.8 Å². The summed E-state index contributed by atoms with van der Waals surface area (Å²) >= 11 is 1.48. The second kappa shape index (κ2) is 9.93. The Hall–Kier alpha value is -2.33. The lowest BCUT2D eigenvalue weighted by Crippen LogP contribution is -2.32. The summed E-state index contributed by atoms with van der Waals surface area (Å²) in [6.07, 6.45) is 4.16. The van der Waals surface area contributed by atoms with Crippen molar-refractivity contribution in [1.29, 1.82) is 0 Å². The number of hydrogen-bond donors (Lipinski definition) is 0. The molecule has 0 atom stereocenters. The standard InChI is InChI=1S/C25H29NO2S/c1-4-5-6-10-15-26-24(27)22(21-14-13-18(2)16-19(21)3)23(25(26)28)29-17-20-11-8-7-9-12-20/h7-9,11-14,16H,4-6,10,15,17H2,1-3H3. The van der Waals surface area contributed by atoms with Gasteiger partial charge in [0, 0.05) is 12.3 Å². The van der Waals surface area contributed by atoms with Crippen molar-refractivity contribution in [3.63, 3.8) is 0 Å². The molecule has 4 heteroatoms. The molecule has 0 fully saturated rings. The molecule has 29 heavy (non-hydrogen) atoms. The Balaban J connectivity index is 1.90. The molecule has 0 aliphatic carbocycles. The number of rotatable bonds is 9. The number of amides is 2. The summed E-state index contributed by atoms with van der Waals surface area (Å²) in [7, 11) is 0. The van der Waals surface area contributed by atoms with Gasteiger partial charge in [0.1, 0.15) is 0 Å². The maximum Gasteiger partial charge on any atom is 0.267 e. The van der Waals surface area contributed by atoms with Crippen LogP contribution in [-0.4, -0.2) is 23.3 Å². The average molecular weight is 408 g/mol. The molecule has 2 amide bonds. The molecule has 152 valence electrons. The summed E-state index contributed by atoms with van der Waals surface area (Å²) in [5, 5.41) is 0. The zero-order valence-corrected chi connectivity index (χ0v) is 18.3. The first-order valence-corrected chi connectivity index (χ1v) is 11.4. The summed E-state index contributed by atoms with van der Waals surface area (Å²) in [5.74, 6) is 0.393. The van der Waals surface area contributed by atoms with Crippen LogP contribution in [0.15, 0.2) is 53.4 Å². The maximum atomic E-state index is 13.3. The first-order valence-electron chi connectivity index (χ1n) is 10.4. The van der Waals surface area contributed by atoms with Crippen molar-refractivity contribution >= 4 is 29.1 Å². The Morgan fingerprint density at radius 1 is 0.897 bits per heavy atom. The summed E-state index contributed by atoms with van der Waals surface area (Å²) in [4.78, 5) is 28.5. The Bertz CT molecular complexity index is 918. The largest absolute Gasteiger partial charge is 0.274 e. The lowest BCUT2D eigenvalue weighted by atomic mass is 9.99. The van der Waals surface area contributed by atoms with Crippen molar-refractivity contribution in [3.8, 4) is 0 Å². The molecule has 3 nitrogen and oxygen atoms in total. The van der Waals surface area contributed by atoms with Gasteiger partial charge < -0.3 is 0 Å². The molecule has 0 bridgehead atoms. The van der Waals surface area contributed by atoms with E-state index in [9.17, 15) is 9.59 Å². The molecule has 2 aromatic carbocycles. The normalized spacial score (nSPS) is 14.2. The molecule has 1 heterocycles. The van der Waals surface area contributed by atoms with Crippen molar-refractivity contribution in [2.24, 2.45) is 0 Å². The van der Waals surface area contributed by atoms with Crippen LogP contribution in [0, 0.1) is 13.8 Å². The SMILES string of the molecule is CCCCCCN1C(=O)C(SCc2ccccc2)=C(c2ccc(C)cc2C)C1=O.